The first-order chi connectivity index (χ1) is 11.7. The fourth-order valence-electron chi connectivity index (χ4n) is 2.67. The van der Waals surface area contributed by atoms with Crippen LogP contribution in [0.15, 0.2) is 23.9 Å². The zero-order chi connectivity index (χ0) is 18.8. The minimum atomic E-state index is -4.65. The number of nitrogens with two attached hydrogens (primary N) is 1. The molecule has 0 saturated heterocycles. The summed E-state index contributed by atoms with van der Waals surface area (Å²) in [7, 11) is 0. The van der Waals surface area contributed by atoms with Crippen LogP contribution in [0.25, 0.3) is 0 Å². The van der Waals surface area contributed by atoms with Crippen molar-refractivity contribution in [3.63, 3.8) is 0 Å². The van der Waals surface area contributed by atoms with E-state index >= 15 is 0 Å². The van der Waals surface area contributed by atoms with Crippen LogP contribution in [-0.2, 0) is 28.7 Å². The third kappa shape index (κ3) is 4.23. The van der Waals surface area contributed by atoms with Gasteiger partial charge >= 0.3 is 6.18 Å². The lowest BCUT2D eigenvalue weighted by molar-refractivity contribution is -0.141. The van der Waals surface area contributed by atoms with Crippen LogP contribution < -0.4 is 5.73 Å². The van der Waals surface area contributed by atoms with Gasteiger partial charge in [-0.15, -0.1) is 0 Å². The van der Waals surface area contributed by atoms with Crippen molar-refractivity contribution >= 4 is 11.7 Å². The predicted octanol–water partition coefficient (Wildman–Crippen LogP) is 1.03. The van der Waals surface area contributed by atoms with Crippen LogP contribution in [0, 0.1) is 5.92 Å². The summed E-state index contributed by atoms with van der Waals surface area (Å²) in [5.74, 6) is -2.23. The van der Waals surface area contributed by atoms with Crippen molar-refractivity contribution in [1.82, 2.24) is 9.88 Å². The Kier molecular flexibility index (Phi) is 5.58. The summed E-state index contributed by atoms with van der Waals surface area (Å²) in [5.41, 5.74) is 4.89. The number of rotatable bonds is 5. The summed E-state index contributed by atoms with van der Waals surface area (Å²) in [6.07, 6.45) is -3.67. The Labute approximate surface area is 142 Å². The number of carbonyl (C=O) groups excluding carboxylic acids is 2. The Balaban J connectivity index is 2.35. The molecular weight excluding hydrogens is 339 g/mol. The van der Waals surface area contributed by atoms with Gasteiger partial charge in [0, 0.05) is 37.0 Å². The molecule has 0 aliphatic carbocycles. The number of nitrogens with zero attached hydrogens (tertiary/aromatic N) is 2. The molecule has 3 N–H and O–H groups in total. The number of β-amino-alcohol motifs (C(OH)–C–C–N with tert-alkyl or cyclic N) is 1. The first-order valence-electron chi connectivity index (χ1n) is 7.59. The van der Waals surface area contributed by atoms with Crippen molar-refractivity contribution in [3.8, 4) is 0 Å². The van der Waals surface area contributed by atoms with Crippen LogP contribution >= 0.6 is 0 Å². The van der Waals surface area contributed by atoms with E-state index in [-0.39, 0.29) is 37.4 Å². The molecular formula is C16H18F3N3O3. The van der Waals surface area contributed by atoms with Gasteiger partial charge in [0.2, 0.25) is 5.91 Å². The largest absolute Gasteiger partial charge is 0.433 e. The molecule has 25 heavy (non-hydrogen) atoms. The minimum Gasteiger partial charge on any atom is -0.395 e. The van der Waals surface area contributed by atoms with E-state index in [0.29, 0.717) is 5.70 Å². The topological polar surface area (TPSA) is 96.5 Å². The van der Waals surface area contributed by atoms with Gasteiger partial charge in [0.25, 0.3) is 0 Å². The highest BCUT2D eigenvalue weighted by molar-refractivity contribution is 6.10. The lowest BCUT2D eigenvalue weighted by atomic mass is 9.91. The second-order valence-electron chi connectivity index (χ2n) is 5.71. The molecule has 2 heterocycles. The van der Waals surface area contributed by atoms with Crippen LogP contribution in [0.2, 0.25) is 0 Å². The number of hydrogen-bond acceptors (Lipinski definition) is 5. The number of halogens is 3. The van der Waals surface area contributed by atoms with Crippen LogP contribution in [0.4, 0.5) is 13.2 Å². The Morgan fingerprint density at radius 3 is 2.56 bits per heavy atom. The van der Waals surface area contributed by atoms with Crippen LogP contribution in [0.3, 0.4) is 0 Å². The Bertz CT molecular complexity index is 716. The van der Waals surface area contributed by atoms with Crippen LogP contribution in [0.5, 0.6) is 0 Å². The molecule has 6 nitrogen and oxygen atoms in total. The number of aliphatic hydroxyl groups excluding tert-OH is 1. The van der Waals surface area contributed by atoms with Gasteiger partial charge in [0.05, 0.1) is 6.61 Å². The number of carbonyl (C=O) groups is 2. The molecule has 136 valence electrons. The number of hydrogen-bond donors (Lipinski definition) is 2. The average Bonchev–Trinajstić information content (AvgIpc) is 2.54. The van der Waals surface area contributed by atoms with Gasteiger partial charge < -0.3 is 15.7 Å². The number of amides is 1. The van der Waals surface area contributed by atoms with Crippen molar-refractivity contribution in [3.05, 3.63) is 40.9 Å². The first kappa shape index (κ1) is 19.1. The molecule has 9 heteroatoms. The first-order valence-corrected chi connectivity index (χ1v) is 7.59. The minimum absolute atomic E-state index is 0.00894. The highest BCUT2D eigenvalue weighted by Crippen LogP contribution is 2.29. The van der Waals surface area contributed by atoms with E-state index < -0.39 is 29.5 Å². The van der Waals surface area contributed by atoms with E-state index in [4.69, 9.17) is 10.8 Å². The molecule has 0 spiro atoms. The molecule has 0 saturated carbocycles. The average molecular weight is 357 g/mol. The number of ketones is 1. The van der Waals surface area contributed by atoms with E-state index in [2.05, 4.69) is 4.98 Å². The van der Waals surface area contributed by atoms with Gasteiger partial charge in [-0.2, -0.15) is 13.2 Å². The fourth-order valence-corrected chi connectivity index (χ4v) is 2.67. The summed E-state index contributed by atoms with van der Waals surface area (Å²) < 4.78 is 38.8. The number of alkyl halides is 3. The van der Waals surface area contributed by atoms with E-state index in [1.54, 1.807) is 6.92 Å². The van der Waals surface area contributed by atoms with Gasteiger partial charge in [0.1, 0.15) is 11.6 Å². The monoisotopic (exact) mass is 357 g/mol. The number of aromatic nitrogens is 1. The fraction of sp³-hybridized carbons (Fsp3) is 0.438. The second-order valence-corrected chi connectivity index (χ2v) is 5.71. The summed E-state index contributed by atoms with van der Waals surface area (Å²) in [6, 6.07) is 2.20. The molecule has 0 fully saturated rings. The van der Waals surface area contributed by atoms with Crippen molar-refractivity contribution in [2.24, 2.45) is 11.7 Å². The molecule has 1 aliphatic rings. The maximum absolute atomic E-state index is 12.9. The lowest BCUT2D eigenvalue weighted by Crippen LogP contribution is -2.44. The van der Waals surface area contributed by atoms with Gasteiger partial charge in [-0.1, -0.05) is 0 Å². The number of allylic oxidation sites excluding steroid dienone is 2. The Morgan fingerprint density at radius 2 is 2.00 bits per heavy atom. The van der Waals surface area contributed by atoms with Gasteiger partial charge in [-0.25, -0.2) is 4.98 Å². The third-order valence-electron chi connectivity index (χ3n) is 3.89. The summed E-state index contributed by atoms with van der Waals surface area (Å²) in [4.78, 5) is 29.4. The summed E-state index contributed by atoms with van der Waals surface area (Å²) >= 11 is 0. The molecule has 2 rings (SSSR count). The number of aliphatic hydroxyl groups is 1. The maximum atomic E-state index is 12.9. The number of pyridine rings is 1. The third-order valence-corrected chi connectivity index (χ3v) is 3.89. The Hall–Kier alpha value is -2.26. The van der Waals surface area contributed by atoms with Gasteiger partial charge in [-0.05, 0) is 24.6 Å². The molecule has 0 radical (unpaired) electrons. The quantitative estimate of drug-likeness (QED) is 0.767. The normalized spacial score (nSPS) is 18.6. The van der Waals surface area contributed by atoms with E-state index in [1.807, 2.05) is 0 Å². The van der Waals surface area contributed by atoms with Crippen molar-refractivity contribution in [2.45, 2.75) is 26.1 Å². The predicted molar refractivity (Wildman–Crippen MR) is 81.9 cm³/mol. The van der Waals surface area contributed by atoms with Crippen LogP contribution in [0.1, 0.15) is 23.9 Å². The van der Waals surface area contributed by atoms with E-state index in [1.165, 1.54) is 17.0 Å². The second kappa shape index (κ2) is 7.32. The molecule has 0 aromatic carbocycles. The van der Waals surface area contributed by atoms with Gasteiger partial charge in [0.15, 0.2) is 5.78 Å². The van der Waals surface area contributed by atoms with Crippen molar-refractivity contribution in [1.29, 1.82) is 0 Å². The molecule has 1 aromatic rings. The molecule has 0 bridgehead atoms. The summed E-state index contributed by atoms with van der Waals surface area (Å²) in [5, 5.41) is 9.03. The lowest BCUT2D eigenvalue weighted by Gasteiger charge is -2.30. The van der Waals surface area contributed by atoms with Crippen LogP contribution in [-0.4, -0.2) is 39.8 Å². The van der Waals surface area contributed by atoms with Gasteiger partial charge in [-0.3, -0.25) is 9.59 Å². The molecule has 1 aromatic heterocycles. The summed E-state index contributed by atoms with van der Waals surface area (Å²) in [6.45, 7) is 1.14. The standard InChI is InChI=1S/C16H18F3N3O3/c1-9-4-13(24)12(15(25)22(9)2-3-23)7-11-5-10(8-20)6-14(21-11)16(17,18)19/h4-6,12,23H,2-3,7-8,20H2,1H3. The highest BCUT2D eigenvalue weighted by Gasteiger charge is 2.37. The van der Waals surface area contributed by atoms with Crippen molar-refractivity contribution < 1.29 is 27.9 Å². The SMILES string of the molecule is CC1=CC(=O)C(Cc2cc(CN)cc(C(F)(F)F)n2)C(=O)N1CCO. The molecule has 1 amide bonds. The molecule has 1 unspecified atom stereocenters. The maximum Gasteiger partial charge on any atom is 0.433 e. The zero-order valence-electron chi connectivity index (χ0n) is 13.5. The molecule has 1 aliphatic heterocycles. The van der Waals surface area contributed by atoms with E-state index in [0.717, 1.165) is 6.07 Å². The smallest absolute Gasteiger partial charge is 0.395 e. The highest BCUT2D eigenvalue weighted by atomic mass is 19.4. The molecule has 1 atom stereocenters. The van der Waals surface area contributed by atoms with Crippen molar-refractivity contribution in [2.75, 3.05) is 13.2 Å². The zero-order valence-corrected chi connectivity index (χ0v) is 13.5. The Morgan fingerprint density at radius 1 is 1.32 bits per heavy atom. The van der Waals surface area contributed by atoms with E-state index in [9.17, 15) is 22.8 Å².